The summed E-state index contributed by atoms with van der Waals surface area (Å²) in [5.41, 5.74) is 1.54. The van der Waals surface area contributed by atoms with Crippen LogP contribution in [0.15, 0.2) is 18.2 Å². The summed E-state index contributed by atoms with van der Waals surface area (Å²) in [4.78, 5) is 13.6. The number of carbonyl (C=O) groups is 1. The van der Waals surface area contributed by atoms with Crippen LogP contribution < -0.4 is 4.52 Å². The van der Waals surface area contributed by atoms with Gasteiger partial charge in [0.15, 0.2) is 0 Å². The van der Waals surface area contributed by atoms with Gasteiger partial charge in [0, 0.05) is 19.2 Å². The van der Waals surface area contributed by atoms with Crippen LogP contribution in [0.4, 0.5) is 4.39 Å². The molecular weight excluding hydrogens is 288 g/mol. The van der Waals surface area contributed by atoms with Crippen LogP contribution in [0.25, 0.3) is 0 Å². The Labute approximate surface area is 128 Å². The van der Waals surface area contributed by atoms with Crippen molar-refractivity contribution in [1.82, 2.24) is 4.90 Å². The second kappa shape index (κ2) is 7.22. The van der Waals surface area contributed by atoms with Gasteiger partial charge in [0.25, 0.3) is 5.91 Å². The Kier molecular flexibility index (Phi) is 6.15. The van der Waals surface area contributed by atoms with Crippen molar-refractivity contribution in [2.24, 2.45) is 0 Å². The molecule has 0 unspecified atom stereocenters. The molecule has 1 rings (SSSR count). The molecule has 0 saturated carbocycles. The van der Waals surface area contributed by atoms with Crippen molar-refractivity contribution in [2.45, 2.75) is 26.2 Å². The van der Waals surface area contributed by atoms with E-state index in [1.54, 1.807) is 19.2 Å². The van der Waals surface area contributed by atoms with Crippen molar-refractivity contribution in [3.63, 3.8) is 0 Å². The topological polar surface area (TPSA) is 29.5 Å². The van der Waals surface area contributed by atoms with Gasteiger partial charge < -0.3 is 9.42 Å². The van der Waals surface area contributed by atoms with Crippen LogP contribution in [-0.4, -0.2) is 44.4 Å². The second-order valence-electron chi connectivity index (χ2n) is 6.28. The molecule has 0 radical (unpaired) electrons. The molecule has 1 aromatic carbocycles. The van der Waals surface area contributed by atoms with Gasteiger partial charge in [-0.3, -0.25) is 4.79 Å². The molecule has 5 heteroatoms. The van der Waals surface area contributed by atoms with E-state index >= 15 is 0 Å². The molecule has 0 aromatic heterocycles. The Morgan fingerprint density at radius 1 is 1.33 bits per heavy atom. The highest BCUT2D eigenvalue weighted by Gasteiger charge is 2.22. The zero-order valence-electron chi connectivity index (χ0n) is 13.7. The molecule has 3 nitrogen and oxygen atoms in total. The molecule has 0 heterocycles. The smallest absolute Gasteiger partial charge is 0.253 e. The van der Waals surface area contributed by atoms with E-state index in [0.717, 1.165) is 11.3 Å². The third-order valence-corrected chi connectivity index (χ3v) is 3.65. The van der Waals surface area contributed by atoms with Gasteiger partial charge in [-0.2, -0.15) is 0 Å². The van der Waals surface area contributed by atoms with Gasteiger partial charge in [0.05, 0.1) is 8.15 Å². The Morgan fingerprint density at radius 2 is 1.95 bits per heavy atom. The summed E-state index contributed by atoms with van der Waals surface area (Å²) in [5.74, 6) is 0.563. The molecule has 0 aliphatic carbocycles. The fourth-order valence-electron chi connectivity index (χ4n) is 2.00. The normalized spacial score (nSPS) is 11.6. The van der Waals surface area contributed by atoms with E-state index in [1.807, 2.05) is 19.4 Å². The third kappa shape index (κ3) is 4.96. The van der Waals surface area contributed by atoms with E-state index < -0.39 is 14.8 Å². The largest absolute Gasteiger partial charge is 0.474 e. The quantitative estimate of drug-likeness (QED) is 0.767. The van der Waals surface area contributed by atoms with Crippen LogP contribution in [-0.2, 0) is 5.41 Å². The summed E-state index contributed by atoms with van der Waals surface area (Å²) in [6, 6.07) is 5.50. The van der Waals surface area contributed by atoms with E-state index in [0.29, 0.717) is 5.56 Å². The highest BCUT2D eigenvalue weighted by atomic mass is 31.1. The number of alkyl halides is 1. The van der Waals surface area contributed by atoms with Crippen molar-refractivity contribution < 1.29 is 13.7 Å². The lowest BCUT2D eigenvalue weighted by molar-refractivity contribution is 0.0786. The first kappa shape index (κ1) is 17.9. The SMILES string of the molecule is CN(CCF)C(=O)c1ccc(C(C)(C)C)c(OP(C)C)c1. The average molecular weight is 313 g/mol. The van der Waals surface area contributed by atoms with Crippen molar-refractivity contribution in [1.29, 1.82) is 0 Å². The molecule has 0 spiro atoms. The average Bonchev–Trinajstić information content (AvgIpc) is 2.36. The molecule has 21 heavy (non-hydrogen) atoms. The van der Waals surface area contributed by atoms with Crippen LogP contribution in [0, 0.1) is 0 Å². The number of carbonyl (C=O) groups excluding carboxylic acids is 1. The predicted molar refractivity (Wildman–Crippen MR) is 87.5 cm³/mol. The maximum atomic E-state index is 12.4. The molecular formula is C16H25FNO2P. The summed E-state index contributed by atoms with van der Waals surface area (Å²) in [6.45, 7) is 9.93. The maximum absolute atomic E-state index is 12.4. The summed E-state index contributed by atoms with van der Waals surface area (Å²) in [6.07, 6.45) is 0. The van der Waals surface area contributed by atoms with Crippen LogP contribution >= 0.6 is 8.15 Å². The highest BCUT2D eigenvalue weighted by Crippen LogP contribution is 2.38. The van der Waals surface area contributed by atoms with E-state index in [9.17, 15) is 9.18 Å². The van der Waals surface area contributed by atoms with Gasteiger partial charge in [-0.25, -0.2) is 4.39 Å². The lowest BCUT2D eigenvalue weighted by Crippen LogP contribution is -2.28. The molecule has 0 aliphatic heterocycles. The Hall–Kier alpha value is -1.15. The number of benzene rings is 1. The summed E-state index contributed by atoms with van der Waals surface area (Å²) >= 11 is 0. The minimum Gasteiger partial charge on any atom is -0.474 e. The van der Waals surface area contributed by atoms with Gasteiger partial charge in [-0.1, -0.05) is 26.8 Å². The fraction of sp³-hybridized carbons (Fsp3) is 0.562. The lowest BCUT2D eigenvalue weighted by atomic mass is 9.86. The first-order valence-electron chi connectivity index (χ1n) is 6.98. The molecule has 0 bridgehead atoms. The Balaban J connectivity index is 3.18. The highest BCUT2D eigenvalue weighted by molar-refractivity contribution is 7.51. The molecule has 118 valence electrons. The van der Waals surface area contributed by atoms with E-state index in [1.165, 1.54) is 4.90 Å². The fourth-order valence-corrected chi connectivity index (χ4v) is 2.54. The van der Waals surface area contributed by atoms with Crippen LogP contribution in [0.5, 0.6) is 5.75 Å². The molecule has 1 aromatic rings. The summed E-state index contributed by atoms with van der Waals surface area (Å²) < 4.78 is 18.3. The first-order chi connectivity index (χ1) is 9.66. The maximum Gasteiger partial charge on any atom is 0.253 e. The van der Waals surface area contributed by atoms with Gasteiger partial charge in [0.1, 0.15) is 12.4 Å². The minimum atomic E-state index is -0.579. The zero-order chi connectivity index (χ0) is 16.2. The first-order valence-corrected chi connectivity index (χ1v) is 9.13. The lowest BCUT2D eigenvalue weighted by Gasteiger charge is -2.25. The van der Waals surface area contributed by atoms with Gasteiger partial charge in [-0.15, -0.1) is 0 Å². The van der Waals surface area contributed by atoms with E-state index in [2.05, 4.69) is 20.8 Å². The van der Waals surface area contributed by atoms with Crippen molar-refractivity contribution in [2.75, 3.05) is 33.6 Å². The van der Waals surface area contributed by atoms with Crippen LogP contribution in [0.3, 0.4) is 0 Å². The van der Waals surface area contributed by atoms with Gasteiger partial charge >= 0.3 is 0 Å². The number of hydrogen-bond donors (Lipinski definition) is 0. The minimum absolute atomic E-state index is 0.0624. The Morgan fingerprint density at radius 3 is 2.43 bits per heavy atom. The van der Waals surface area contributed by atoms with Crippen molar-refractivity contribution in [3.8, 4) is 5.75 Å². The summed E-state index contributed by atoms with van der Waals surface area (Å²) in [5, 5.41) is 0. The Bertz CT molecular complexity index is 498. The number of hydrogen-bond acceptors (Lipinski definition) is 2. The van der Waals surface area contributed by atoms with Gasteiger partial charge in [-0.05, 0) is 36.4 Å². The summed E-state index contributed by atoms with van der Waals surface area (Å²) in [7, 11) is 1.03. The molecule has 0 N–H and O–H groups in total. The van der Waals surface area contributed by atoms with Crippen LogP contribution in [0.1, 0.15) is 36.7 Å². The van der Waals surface area contributed by atoms with E-state index in [4.69, 9.17) is 4.52 Å². The zero-order valence-corrected chi connectivity index (χ0v) is 14.6. The number of halogens is 1. The number of rotatable bonds is 5. The molecule has 0 atom stereocenters. The predicted octanol–water partition coefficient (Wildman–Crippen LogP) is 4.06. The molecule has 0 fully saturated rings. The second-order valence-corrected chi connectivity index (χ2v) is 8.09. The number of nitrogens with zero attached hydrogens (tertiary/aromatic N) is 1. The van der Waals surface area contributed by atoms with Crippen LogP contribution in [0.2, 0.25) is 0 Å². The number of amides is 1. The monoisotopic (exact) mass is 313 g/mol. The standard InChI is InChI=1S/C16H25FNO2P/c1-16(2,3)13-8-7-12(11-14(13)20-21(5)6)15(19)18(4)10-9-17/h7-8,11H,9-10H2,1-6H3. The third-order valence-electron chi connectivity index (χ3n) is 3.08. The van der Waals surface area contributed by atoms with Crippen molar-refractivity contribution in [3.05, 3.63) is 29.3 Å². The van der Waals surface area contributed by atoms with Crippen molar-refractivity contribution >= 4 is 14.1 Å². The van der Waals surface area contributed by atoms with Gasteiger partial charge in [0.2, 0.25) is 0 Å². The van der Waals surface area contributed by atoms with E-state index in [-0.39, 0.29) is 17.9 Å². The molecule has 0 aliphatic rings. The molecule has 1 amide bonds. The molecule has 0 saturated heterocycles.